The third-order valence-electron chi connectivity index (χ3n) is 2.92. The van der Waals surface area contributed by atoms with E-state index in [-0.39, 0.29) is 18.1 Å². The van der Waals surface area contributed by atoms with Crippen LogP contribution in [-0.2, 0) is 14.3 Å². The first-order valence-corrected chi connectivity index (χ1v) is 5.37. The number of carbonyl (C=O) groups is 2. The van der Waals surface area contributed by atoms with Crippen molar-refractivity contribution < 1.29 is 19.4 Å². The number of rotatable bonds is 3. The normalized spacial score (nSPS) is 35.7. The van der Waals surface area contributed by atoms with E-state index in [4.69, 9.17) is 9.84 Å². The molecule has 0 spiro atoms. The van der Waals surface area contributed by atoms with Crippen molar-refractivity contribution in [3.05, 3.63) is 12.2 Å². The summed E-state index contributed by atoms with van der Waals surface area (Å²) >= 11 is 0. The minimum Gasteiger partial charge on any atom is -0.481 e. The molecule has 0 aromatic carbocycles. The summed E-state index contributed by atoms with van der Waals surface area (Å²) in [5.41, 5.74) is 0. The Labute approximate surface area is 93.5 Å². The third kappa shape index (κ3) is 1.71. The van der Waals surface area contributed by atoms with Gasteiger partial charge in [0.25, 0.3) is 0 Å². The second-order valence-corrected chi connectivity index (χ2v) is 4.50. The lowest BCUT2D eigenvalue weighted by atomic mass is 9.82. The van der Waals surface area contributed by atoms with Gasteiger partial charge in [-0.15, -0.1) is 0 Å². The topological polar surface area (TPSA) is 75.6 Å². The Hall–Kier alpha value is -1.36. The van der Waals surface area contributed by atoms with Crippen molar-refractivity contribution in [2.24, 2.45) is 11.8 Å². The summed E-state index contributed by atoms with van der Waals surface area (Å²) < 4.78 is 5.41. The fourth-order valence-electron chi connectivity index (χ4n) is 2.30. The summed E-state index contributed by atoms with van der Waals surface area (Å²) in [5, 5.41) is 11.8. The maximum Gasteiger partial charge on any atom is 0.310 e. The molecule has 1 saturated heterocycles. The highest BCUT2D eigenvalue weighted by Gasteiger charge is 2.53. The van der Waals surface area contributed by atoms with Crippen molar-refractivity contribution in [2.75, 3.05) is 0 Å². The van der Waals surface area contributed by atoms with Crippen LogP contribution in [-0.4, -0.2) is 35.2 Å². The molecule has 4 atom stereocenters. The van der Waals surface area contributed by atoms with Gasteiger partial charge in [0.05, 0.1) is 18.1 Å². The van der Waals surface area contributed by atoms with E-state index in [0.717, 1.165) is 0 Å². The quantitative estimate of drug-likeness (QED) is 0.671. The Morgan fingerprint density at radius 2 is 1.81 bits per heavy atom. The van der Waals surface area contributed by atoms with Crippen molar-refractivity contribution in [3.63, 3.8) is 0 Å². The highest BCUT2D eigenvalue weighted by atomic mass is 16.5. The number of fused-ring (bicyclic) bond motifs is 2. The van der Waals surface area contributed by atoms with Gasteiger partial charge in [-0.05, 0) is 13.8 Å². The lowest BCUT2D eigenvalue weighted by Crippen LogP contribution is -2.44. The standard InChI is InChI=1S/C11H15NO4/c1-5(2)12-10(13)8-6-3-4-7(16-6)9(8)11(14)15/h3-9H,1-2H3,(H,12,13)(H,14,15)/t6-,7+,8-,9-/m0/s1. The van der Waals surface area contributed by atoms with Crippen molar-refractivity contribution in [1.82, 2.24) is 5.32 Å². The SMILES string of the molecule is CC(C)NC(=O)[C@@H]1[C@@H](C(=O)O)[C@H]2C=C[C@@H]1O2. The van der Waals surface area contributed by atoms with Crippen molar-refractivity contribution >= 4 is 11.9 Å². The van der Waals surface area contributed by atoms with Gasteiger partial charge in [0.2, 0.25) is 5.91 Å². The van der Waals surface area contributed by atoms with E-state index in [1.165, 1.54) is 0 Å². The monoisotopic (exact) mass is 225 g/mol. The molecule has 2 heterocycles. The number of ether oxygens (including phenoxy) is 1. The van der Waals surface area contributed by atoms with Crippen molar-refractivity contribution in [3.8, 4) is 0 Å². The van der Waals surface area contributed by atoms with Crippen LogP contribution in [0.25, 0.3) is 0 Å². The van der Waals surface area contributed by atoms with Gasteiger partial charge in [-0.25, -0.2) is 0 Å². The molecule has 16 heavy (non-hydrogen) atoms. The maximum absolute atomic E-state index is 11.9. The number of hydrogen-bond donors (Lipinski definition) is 2. The second kappa shape index (κ2) is 3.90. The minimum absolute atomic E-state index is 0.00468. The first kappa shape index (κ1) is 11.1. The Morgan fingerprint density at radius 3 is 2.31 bits per heavy atom. The number of nitrogens with one attached hydrogen (secondary N) is 1. The number of carboxylic acid groups (broad SMARTS) is 1. The molecule has 1 amide bonds. The molecule has 88 valence electrons. The van der Waals surface area contributed by atoms with Crippen LogP contribution in [0.1, 0.15) is 13.8 Å². The molecule has 0 unspecified atom stereocenters. The average molecular weight is 225 g/mol. The molecule has 0 radical (unpaired) electrons. The van der Waals surface area contributed by atoms with Gasteiger partial charge in [0, 0.05) is 6.04 Å². The van der Waals surface area contributed by atoms with Gasteiger partial charge in [0.1, 0.15) is 5.92 Å². The predicted octanol–water partition coefficient (Wildman–Crippen LogP) is 0.165. The zero-order valence-electron chi connectivity index (χ0n) is 9.21. The van der Waals surface area contributed by atoms with Crippen molar-refractivity contribution in [2.45, 2.75) is 32.1 Å². The smallest absolute Gasteiger partial charge is 0.310 e. The van der Waals surface area contributed by atoms with Crippen molar-refractivity contribution in [1.29, 1.82) is 0 Å². The molecular formula is C11H15NO4. The van der Waals surface area contributed by atoms with E-state index < -0.39 is 23.9 Å². The molecule has 5 heteroatoms. The van der Waals surface area contributed by atoms with E-state index in [0.29, 0.717) is 0 Å². The molecule has 0 saturated carbocycles. The lowest BCUT2D eigenvalue weighted by Gasteiger charge is -2.22. The Bertz CT molecular complexity index is 350. The Balaban J connectivity index is 2.16. The number of hydrogen-bond acceptors (Lipinski definition) is 3. The fourth-order valence-corrected chi connectivity index (χ4v) is 2.30. The van der Waals surface area contributed by atoms with Gasteiger partial charge >= 0.3 is 5.97 Å². The Morgan fingerprint density at radius 1 is 1.25 bits per heavy atom. The van der Waals surface area contributed by atoms with Crippen LogP contribution in [0.3, 0.4) is 0 Å². The van der Waals surface area contributed by atoms with E-state index in [1.807, 2.05) is 13.8 Å². The highest BCUT2D eigenvalue weighted by molar-refractivity contribution is 5.87. The van der Waals surface area contributed by atoms with Gasteiger partial charge < -0.3 is 15.2 Å². The Kier molecular flexibility index (Phi) is 2.71. The summed E-state index contributed by atoms with van der Waals surface area (Å²) in [7, 11) is 0. The molecule has 5 nitrogen and oxygen atoms in total. The molecule has 2 aliphatic heterocycles. The van der Waals surface area contributed by atoms with Crippen LogP contribution in [0.15, 0.2) is 12.2 Å². The minimum atomic E-state index is -0.972. The van der Waals surface area contributed by atoms with Crippen LogP contribution >= 0.6 is 0 Å². The molecule has 2 bridgehead atoms. The molecular weight excluding hydrogens is 210 g/mol. The van der Waals surface area contributed by atoms with Crippen LogP contribution in [0, 0.1) is 11.8 Å². The first-order chi connectivity index (χ1) is 7.50. The summed E-state index contributed by atoms with van der Waals surface area (Å²) in [6.07, 6.45) is 2.66. The first-order valence-electron chi connectivity index (χ1n) is 5.37. The lowest BCUT2D eigenvalue weighted by molar-refractivity contribution is -0.146. The number of amides is 1. The molecule has 2 N–H and O–H groups in total. The van der Waals surface area contributed by atoms with E-state index in [1.54, 1.807) is 12.2 Å². The van der Waals surface area contributed by atoms with Gasteiger partial charge in [0.15, 0.2) is 0 Å². The molecule has 2 aliphatic rings. The number of carboxylic acids is 1. The molecule has 2 rings (SSSR count). The molecule has 0 aromatic rings. The zero-order valence-corrected chi connectivity index (χ0v) is 9.21. The number of aliphatic carboxylic acids is 1. The summed E-state index contributed by atoms with van der Waals surface area (Å²) in [5.74, 6) is -2.57. The second-order valence-electron chi connectivity index (χ2n) is 4.50. The van der Waals surface area contributed by atoms with E-state index in [2.05, 4.69) is 5.32 Å². The van der Waals surface area contributed by atoms with Crippen LogP contribution in [0.5, 0.6) is 0 Å². The summed E-state index contributed by atoms with van der Waals surface area (Å²) in [6, 6.07) is 0.00468. The highest BCUT2D eigenvalue weighted by Crippen LogP contribution is 2.39. The van der Waals surface area contributed by atoms with Gasteiger partial charge in [-0.1, -0.05) is 12.2 Å². The number of carbonyl (C=O) groups excluding carboxylic acids is 1. The summed E-state index contributed by atoms with van der Waals surface area (Å²) in [4.78, 5) is 23.0. The largest absolute Gasteiger partial charge is 0.481 e. The molecule has 1 fully saturated rings. The average Bonchev–Trinajstić information content (AvgIpc) is 2.74. The maximum atomic E-state index is 11.9. The predicted molar refractivity (Wildman–Crippen MR) is 55.7 cm³/mol. The van der Waals surface area contributed by atoms with Gasteiger partial charge in [-0.2, -0.15) is 0 Å². The van der Waals surface area contributed by atoms with Crippen LogP contribution in [0.2, 0.25) is 0 Å². The molecule has 0 aliphatic carbocycles. The van der Waals surface area contributed by atoms with Crippen LogP contribution in [0.4, 0.5) is 0 Å². The zero-order chi connectivity index (χ0) is 11.9. The van der Waals surface area contributed by atoms with Gasteiger partial charge in [-0.3, -0.25) is 9.59 Å². The van der Waals surface area contributed by atoms with E-state index >= 15 is 0 Å². The third-order valence-corrected chi connectivity index (χ3v) is 2.92. The van der Waals surface area contributed by atoms with E-state index in [9.17, 15) is 9.59 Å². The van der Waals surface area contributed by atoms with Crippen LogP contribution < -0.4 is 5.32 Å². The fraction of sp³-hybridized carbons (Fsp3) is 0.636. The summed E-state index contributed by atoms with van der Waals surface area (Å²) in [6.45, 7) is 3.69. The molecule has 0 aromatic heterocycles.